The van der Waals surface area contributed by atoms with Crippen molar-refractivity contribution in [2.24, 2.45) is 16.6 Å². The Morgan fingerprint density at radius 1 is 1.32 bits per heavy atom. The molecule has 0 radical (unpaired) electrons. The highest BCUT2D eigenvalue weighted by molar-refractivity contribution is 8.13. The Bertz CT molecular complexity index is 635. The normalized spacial score (nSPS) is 31.8. The molecule has 3 rings (SSSR count). The van der Waals surface area contributed by atoms with Gasteiger partial charge in [0.05, 0.1) is 6.61 Å². The topological polar surface area (TPSA) is 47.6 Å². The number of nitrogens with zero attached hydrogens (tertiary/aromatic N) is 1. The van der Waals surface area contributed by atoms with Gasteiger partial charge in [0, 0.05) is 17.2 Å². The molecule has 1 fully saturated rings. The highest BCUT2D eigenvalue weighted by Crippen LogP contribution is 2.51. The lowest BCUT2D eigenvalue weighted by Crippen LogP contribution is -2.46. The van der Waals surface area contributed by atoms with Gasteiger partial charge in [0.15, 0.2) is 22.9 Å². The van der Waals surface area contributed by atoms with E-state index in [2.05, 4.69) is 4.99 Å². The second-order valence-electron chi connectivity index (χ2n) is 5.17. The first-order chi connectivity index (χ1) is 10.3. The van der Waals surface area contributed by atoms with Crippen LogP contribution >= 0.6 is 11.8 Å². The Morgan fingerprint density at radius 3 is 2.73 bits per heavy atom. The molecule has 2 heterocycles. The zero-order chi connectivity index (χ0) is 16.1. The van der Waals surface area contributed by atoms with Gasteiger partial charge in [0.1, 0.15) is 5.54 Å². The van der Waals surface area contributed by atoms with Gasteiger partial charge in [0.25, 0.3) is 0 Å². The Morgan fingerprint density at radius 2 is 2.05 bits per heavy atom. The van der Waals surface area contributed by atoms with E-state index in [1.54, 1.807) is 0 Å². The Labute approximate surface area is 126 Å². The third-order valence-electron chi connectivity index (χ3n) is 3.92. The van der Waals surface area contributed by atoms with Gasteiger partial charge >= 0.3 is 6.18 Å². The minimum atomic E-state index is -4.61. The van der Waals surface area contributed by atoms with Crippen molar-refractivity contribution in [3.8, 4) is 0 Å². The van der Waals surface area contributed by atoms with Gasteiger partial charge < -0.3 is 10.5 Å². The van der Waals surface area contributed by atoms with Crippen molar-refractivity contribution in [3.63, 3.8) is 0 Å². The molecular formula is C13H11F5N2OS. The van der Waals surface area contributed by atoms with Crippen molar-refractivity contribution in [1.29, 1.82) is 0 Å². The maximum absolute atomic E-state index is 14.1. The predicted molar refractivity (Wildman–Crippen MR) is 71.4 cm³/mol. The van der Waals surface area contributed by atoms with Crippen LogP contribution in [0.25, 0.3) is 0 Å². The third kappa shape index (κ3) is 2.26. The fourth-order valence-electron chi connectivity index (χ4n) is 2.93. The van der Waals surface area contributed by atoms with E-state index in [1.165, 1.54) is 12.1 Å². The quantitative estimate of drug-likeness (QED) is 0.801. The number of hydrogen-bond acceptors (Lipinski definition) is 4. The molecule has 0 aliphatic carbocycles. The molecule has 2 N–H and O–H groups in total. The smallest absolute Gasteiger partial charge is 0.379 e. The summed E-state index contributed by atoms with van der Waals surface area (Å²) in [4.78, 5) is 4.04. The van der Waals surface area contributed by atoms with Crippen LogP contribution in [0.5, 0.6) is 0 Å². The first-order valence-corrected chi connectivity index (χ1v) is 7.35. The highest BCUT2D eigenvalue weighted by atomic mass is 32.2. The predicted octanol–water partition coefficient (Wildman–Crippen LogP) is 2.80. The number of ether oxygens (including phenoxy) is 1. The molecule has 0 bridgehead atoms. The number of benzene rings is 1. The van der Waals surface area contributed by atoms with Gasteiger partial charge in [-0.25, -0.2) is 13.8 Å². The molecule has 0 aromatic heterocycles. The van der Waals surface area contributed by atoms with E-state index in [1.807, 2.05) is 0 Å². The first-order valence-electron chi connectivity index (χ1n) is 6.36. The lowest BCUT2D eigenvalue weighted by atomic mass is 9.78. The van der Waals surface area contributed by atoms with Crippen LogP contribution in [-0.2, 0) is 10.3 Å². The fraction of sp³-hybridized carbons (Fsp3) is 0.462. The van der Waals surface area contributed by atoms with Gasteiger partial charge in [-0.1, -0.05) is 23.9 Å². The molecule has 0 amide bonds. The van der Waals surface area contributed by atoms with Crippen LogP contribution in [0.15, 0.2) is 23.2 Å². The molecule has 9 heteroatoms. The summed E-state index contributed by atoms with van der Waals surface area (Å²) in [6, 6.07) is 3.35. The van der Waals surface area contributed by atoms with Gasteiger partial charge in [-0.2, -0.15) is 13.2 Å². The average molecular weight is 338 g/mol. The van der Waals surface area contributed by atoms with E-state index in [-0.39, 0.29) is 16.5 Å². The van der Waals surface area contributed by atoms with Crippen LogP contribution in [0.2, 0.25) is 0 Å². The number of fused-ring (bicyclic) bond motifs is 1. The summed E-state index contributed by atoms with van der Waals surface area (Å²) in [5.74, 6) is -3.56. The number of thioether (sulfide) groups is 1. The fourth-order valence-corrected chi connectivity index (χ4v) is 3.96. The third-order valence-corrected chi connectivity index (χ3v) is 4.84. The standard InChI is InChI=1S/C13H11F5N2OS/c14-8-3-1-2-6(9(8)15)12-5-21-10(13(16,17)18)7(12)4-22-11(19)20-12/h1-3,7,10H,4-5H2,(H2,19,20). The molecular weight excluding hydrogens is 327 g/mol. The van der Waals surface area contributed by atoms with Crippen LogP contribution in [0.1, 0.15) is 5.56 Å². The molecule has 22 heavy (non-hydrogen) atoms. The molecule has 1 aromatic rings. The van der Waals surface area contributed by atoms with Crippen molar-refractivity contribution >= 4 is 16.9 Å². The van der Waals surface area contributed by atoms with Crippen molar-refractivity contribution in [1.82, 2.24) is 0 Å². The number of nitrogens with two attached hydrogens (primary N) is 1. The second kappa shape index (κ2) is 5.09. The summed E-state index contributed by atoms with van der Waals surface area (Å²) >= 11 is 0.949. The SMILES string of the molecule is NC1=NC2(c3cccc(F)c3F)COC(C(F)(F)F)C2CS1. The maximum Gasteiger partial charge on any atom is 0.415 e. The number of hydrogen-bond donors (Lipinski definition) is 1. The van der Waals surface area contributed by atoms with Gasteiger partial charge in [-0.05, 0) is 6.07 Å². The molecule has 2 aliphatic rings. The summed E-state index contributed by atoms with van der Waals surface area (Å²) in [5.41, 5.74) is 3.71. The van der Waals surface area contributed by atoms with Crippen molar-refractivity contribution in [2.45, 2.75) is 17.8 Å². The summed E-state index contributed by atoms with van der Waals surface area (Å²) in [7, 11) is 0. The minimum absolute atomic E-state index is 0.0323. The van der Waals surface area contributed by atoms with Gasteiger partial charge in [-0.3, -0.25) is 0 Å². The van der Waals surface area contributed by atoms with Crippen molar-refractivity contribution in [3.05, 3.63) is 35.4 Å². The zero-order valence-corrected chi connectivity index (χ0v) is 11.8. The molecule has 1 aromatic carbocycles. The summed E-state index contributed by atoms with van der Waals surface area (Å²) in [6.07, 6.45) is -6.70. The monoisotopic (exact) mass is 338 g/mol. The van der Waals surface area contributed by atoms with Crippen LogP contribution in [0, 0.1) is 17.6 Å². The van der Waals surface area contributed by atoms with E-state index >= 15 is 0 Å². The van der Waals surface area contributed by atoms with Crippen LogP contribution in [-0.4, -0.2) is 29.8 Å². The number of halogens is 5. The van der Waals surface area contributed by atoms with E-state index in [4.69, 9.17) is 10.5 Å². The summed E-state index contributed by atoms with van der Waals surface area (Å²) < 4.78 is 71.8. The molecule has 3 unspecified atom stereocenters. The average Bonchev–Trinajstić information content (AvgIpc) is 2.81. The van der Waals surface area contributed by atoms with E-state index < -0.39 is 42.0 Å². The molecule has 1 saturated heterocycles. The lowest BCUT2D eigenvalue weighted by Gasteiger charge is -2.36. The van der Waals surface area contributed by atoms with Gasteiger partial charge in [-0.15, -0.1) is 0 Å². The molecule has 0 spiro atoms. The molecule has 120 valence electrons. The van der Waals surface area contributed by atoms with E-state index in [0.29, 0.717) is 0 Å². The Balaban J connectivity index is 2.16. The van der Waals surface area contributed by atoms with Gasteiger partial charge in [0.2, 0.25) is 0 Å². The molecule has 2 aliphatic heterocycles. The summed E-state index contributed by atoms with van der Waals surface area (Å²) in [5, 5.41) is 0.0336. The molecule has 0 saturated carbocycles. The number of aliphatic imine (C=N–C) groups is 1. The Hall–Kier alpha value is -1.35. The maximum atomic E-state index is 14.1. The minimum Gasteiger partial charge on any atom is -0.379 e. The zero-order valence-electron chi connectivity index (χ0n) is 11.0. The van der Waals surface area contributed by atoms with E-state index in [9.17, 15) is 22.0 Å². The highest BCUT2D eigenvalue weighted by Gasteiger charge is 2.62. The lowest BCUT2D eigenvalue weighted by molar-refractivity contribution is -0.215. The number of alkyl halides is 3. The number of amidine groups is 1. The van der Waals surface area contributed by atoms with Crippen molar-refractivity contribution < 1.29 is 26.7 Å². The van der Waals surface area contributed by atoms with Crippen LogP contribution in [0.4, 0.5) is 22.0 Å². The largest absolute Gasteiger partial charge is 0.415 e. The van der Waals surface area contributed by atoms with Crippen molar-refractivity contribution in [2.75, 3.05) is 12.4 Å². The molecule has 3 atom stereocenters. The Kier molecular flexibility index (Phi) is 3.59. The van der Waals surface area contributed by atoms with Crippen LogP contribution in [0.3, 0.4) is 0 Å². The van der Waals surface area contributed by atoms with Crippen LogP contribution < -0.4 is 5.73 Å². The second-order valence-corrected chi connectivity index (χ2v) is 6.21. The van der Waals surface area contributed by atoms with E-state index in [0.717, 1.165) is 17.8 Å². The first kappa shape index (κ1) is 15.5. The molecule has 3 nitrogen and oxygen atoms in total. The number of rotatable bonds is 1. The summed E-state index contributed by atoms with van der Waals surface area (Å²) in [6.45, 7) is -0.497.